The van der Waals surface area contributed by atoms with Gasteiger partial charge in [0, 0.05) is 36.1 Å². The molecule has 0 radical (unpaired) electrons. The van der Waals surface area contributed by atoms with Crippen molar-refractivity contribution in [2.24, 2.45) is 29.1 Å². The lowest BCUT2D eigenvalue weighted by Crippen LogP contribution is -2.33. The van der Waals surface area contributed by atoms with E-state index in [9.17, 15) is 13.6 Å². The molecule has 4 aliphatic rings. The van der Waals surface area contributed by atoms with Crippen molar-refractivity contribution in [3.05, 3.63) is 23.5 Å². The first kappa shape index (κ1) is 18.7. The minimum Gasteiger partial charge on any atom is -0.335 e. The van der Waals surface area contributed by atoms with Gasteiger partial charge in [-0.1, -0.05) is 6.92 Å². The highest BCUT2D eigenvalue weighted by Crippen LogP contribution is 2.66. The first-order valence-electron chi connectivity index (χ1n) is 11.3. The Labute approximate surface area is 183 Å². The Morgan fingerprint density at radius 2 is 2.06 bits per heavy atom. The van der Waals surface area contributed by atoms with Crippen molar-refractivity contribution in [3.63, 3.8) is 0 Å². The van der Waals surface area contributed by atoms with Crippen molar-refractivity contribution in [2.45, 2.75) is 45.0 Å². The van der Waals surface area contributed by atoms with Crippen molar-refractivity contribution in [1.82, 2.24) is 25.1 Å². The number of fused-ring (bicyclic) bond motifs is 4. The third-order valence-corrected chi connectivity index (χ3v) is 8.58. The molecule has 3 fully saturated rings. The Bertz CT molecular complexity index is 1280. The maximum atomic E-state index is 13.5. The summed E-state index contributed by atoms with van der Waals surface area (Å²) in [6, 6.07) is 1.85. The summed E-state index contributed by atoms with van der Waals surface area (Å²) >= 11 is 0. The quantitative estimate of drug-likeness (QED) is 0.652. The number of amides is 1. The van der Waals surface area contributed by atoms with Gasteiger partial charge in [0.1, 0.15) is 5.69 Å². The molecule has 166 valence electrons. The van der Waals surface area contributed by atoms with Crippen LogP contribution in [-0.2, 0) is 17.6 Å². The monoisotopic (exact) mass is 438 g/mol. The average molecular weight is 438 g/mol. The molecule has 0 spiro atoms. The van der Waals surface area contributed by atoms with E-state index in [1.54, 1.807) is 13.2 Å². The van der Waals surface area contributed by atoms with Crippen LogP contribution < -0.4 is 4.90 Å². The van der Waals surface area contributed by atoms with Crippen LogP contribution in [0.25, 0.3) is 22.7 Å². The highest BCUT2D eigenvalue weighted by atomic mass is 19.3. The molecule has 3 saturated carbocycles. The van der Waals surface area contributed by atoms with E-state index in [-0.39, 0.29) is 24.7 Å². The van der Waals surface area contributed by atoms with Crippen LogP contribution in [0.5, 0.6) is 0 Å². The van der Waals surface area contributed by atoms with Gasteiger partial charge in [0.2, 0.25) is 5.91 Å². The van der Waals surface area contributed by atoms with E-state index >= 15 is 0 Å². The maximum Gasteiger partial charge on any atom is 0.254 e. The fourth-order valence-electron chi connectivity index (χ4n) is 6.25. The first-order chi connectivity index (χ1) is 15.2. The topological polar surface area (TPSA) is 90.6 Å². The standard InChI is InChI=1S/C23H24F2N6O/c1-22-7-11(22)5-13-17(8-22)29-30-18(13)20-27-16-6-12(9-26-19(16)28-20)31(2)21(32)10-3-14-15(4-10)23(14,24)25/h6,9-11,14-15H,3-5,7-8H2,1-2H3,(H,29,30)(H,26,27,28)/t10-,11-,14-,15+,22-/m1/s1. The minimum atomic E-state index is -2.56. The minimum absolute atomic E-state index is 0.122. The summed E-state index contributed by atoms with van der Waals surface area (Å²) in [7, 11) is 1.68. The number of nitrogens with one attached hydrogen (secondary N) is 2. The van der Waals surface area contributed by atoms with Crippen molar-refractivity contribution in [2.75, 3.05) is 11.9 Å². The van der Waals surface area contributed by atoms with Gasteiger partial charge in [0.05, 0.1) is 17.4 Å². The molecule has 5 atom stereocenters. The number of anilines is 1. The summed E-state index contributed by atoms with van der Waals surface area (Å²) in [5, 5.41) is 7.74. The van der Waals surface area contributed by atoms with Gasteiger partial charge in [-0.3, -0.25) is 9.89 Å². The zero-order valence-electron chi connectivity index (χ0n) is 18.0. The van der Waals surface area contributed by atoms with Gasteiger partial charge in [-0.15, -0.1) is 0 Å². The van der Waals surface area contributed by atoms with E-state index in [1.807, 2.05) is 6.07 Å². The van der Waals surface area contributed by atoms with Gasteiger partial charge in [-0.25, -0.2) is 18.7 Å². The molecule has 3 heterocycles. The van der Waals surface area contributed by atoms with Crippen molar-refractivity contribution in [3.8, 4) is 11.5 Å². The SMILES string of the molecule is CN(C(=O)[C@@H]1C[C@@H]2[C@H](C1)C2(F)F)c1cnc2nc(-c3n[nH]c4c3C[C@@H]3C[C@]3(C)C4)[nH]c2c1. The van der Waals surface area contributed by atoms with Crippen LogP contribution in [0, 0.1) is 29.1 Å². The molecule has 7 rings (SSSR count). The Kier molecular flexibility index (Phi) is 3.35. The number of H-pyrrole nitrogens is 2. The lowest BCUT2D eigenvalue weighted by molar-refractivity contribution is -0.122. The van der Waals surface area contributed by atoms with E-state index in [2.05, 4.69) is 32.1 Å². The predicted molar refractivity (Wildman–Crippen MR) is 113 cm³/mol. The molecule has 3 aromatic rings. The molecule has 3 aromatic heterocycles. The number of alkyl halides is 2. The van der Waals surface area contributed by atoms with Crippen LogP contribution in [-0.4, -0.2) is 44.0 Å². The van der Waals surface area contributed by atoms with Crippen LogP contribution in [0.1, 0.15) is 37.4 Å². The molecule has 0 saturated heterocycles. The third kappa shape index (κ3) is 2.45. The summed E-state index contributed by atoms with van der Waals surface area (Å²) in [6.45, 7) is 2.34. The molecule has 9 heteroatoms. The van der Waals surface area contributed by atoms with Crippen molar-refractivity contribution < 1.29 is 13.6 Å². The second-order valence-electron chi connectivity index (χ2n) is 10.6. The number of carbonyl (C=O) groups is 1. The average Bonchev–Trinajstić information content (AvgIpc) is 3.27. The van der Waals surface area contributed by atoms with Gasteiger partial charge in [0.15, 0.2) is 11.5 Å². The lowest BCUT2D eigenvalue weighted by Gasteiger charge is -2.22. The second kappa shape index (κ2) is 5.74. The van der Waals surface area contributed by atoms with Crippen LogP contribution in [0.15, 0.2) is 12.3 Å². The van der Waals surface area contributed by atoms with Crippen LogP contribution in [0.4, 0.5) is 14.5 Å². The van der Waals surface area contributed by atoms with E-state index in [0.717, 1.165) is 30.0 Å². The van der Waals surface area contributed by atoms with E-state index in [4.69, 9.17) is 0 Å². The molecule has 4 aliphatic carbocycles. The lowest BCUT2D eigenvalue weighted by atomic mass is 9.88. The number of aromatic amines is 2. The molecule has 0 bridgehead atoms. The summed E-state index contributed by atoms with van der Waals surface area (Å²) in [5.41, 5.74) is 5.64. The van der Waals surface area contributed by atoms with Crippen molar-refractivity contribution in [1.29, 1.82) is 0 Å². The summed E-state index contributed by atoms with van der Waals surface area (Å²) in [5.74, 6) is -2.86. The highest BCUT2D eigenvalue weighted by Gasteiger charge is 2.72. The summed E-state index contributed by atoms with van der Waals surface area (Å²) < 4.78 is 27.0. The zero-order valence-corrected chi connectivity index (χ0v) is 18.0. The van der Waals surface area contributed by atoms with E-state index in [0.29, 0.717) is 22.6 Å². The normalized spacial score (nSPS) is 33.5. The number of imidazole rings is 1. The molecular formula is C23H24F2N6O. The Hall–Kier alpha value is -2.84. The smallest absolute Gasteiger partial charge is 0.254 e. The predicted octanol–water partition coefficient (Wildman–Crippen LogP) is 3.73. The van der Waals surface area contributed by atoms with Gasteiger partial charge < -0.3 is 9.88 Å². The largest absolute Gasteiger partial charge is 0.335 e. The molecule has 2 N–H and O–H groups in total. The van der Waals surface area contributed by atoms with Gasteiger partial charge >= 0.3 is 0 Å². The molecular weight excluding hydrogens is 414 g/mol. The Morgan fingerprint density at radius 3 is 2.84 bits per heavy atom. The zero-order chi connectivity index (χ0) is 22.0. The summed E-state index contributed by atoms with van der Waals surface area (Å²) in [4.78, 5) is 26.8. The van der Waals surface area contributed by atoms with E-state index in [1.165, 1.54) is 22.6 Å². The Balaban J connectivity index is 1.15. The Morgan fingerprint density at radius 1 is 1.28 bits per heavy atom. The molecule has 32 heavy (non-hydrogen) atoms. The number of hydrogen-bond acceptors (Lipinski definition) is 4. The van der Waals surface area contributed by atoms with Gasteiger partial charge in [0.25, 0.3) is 5.92 Å². The fraction of sp³-hybridized carbons (Fsp3) is 0.565. The molecule has 0 aliphatic heterocycles. The molecule has 7 nitrogen and oxygen atoms in total. The molecule has 0 aromatic carbocycles. The van der Waals surface area contributed by atoms with E-state index < -0.39 is 17.8 Å². The van der Waals surface area contributed by atoms with Gasteiger partial charge in [-0.05, 0) is 49.5 Å². The molecule has 0 unspecified atom stereocenters. The number of aromatic nitrogens is 5. The van der Waals surface area contributed by atoms with Gasteiger partial charge in [-0.2, -0.15) is 5.10 Å². The van der Waals surface area contributed by atoms with Crippen LogP contribution in [0.3, 0.4) is 0 Å². The van der Waals surface area contributed by atoms with Crippen molar-refractivity contribution >= 4 is 22.8 Å². The third-order valence-electron chi connectivity index (χ3n) is 8.58. The highest BCUT2D eigenvalue weighted by molar-refractivity contribution is 5.96. The fourth-order valence-corrected chi connectivity index (χ4v) is 6.25. The summed E-state index contributed by atoms with van der Waals surface area (Å²) in [6.07, 6.45) is 5.48. The van der Waals surface area contributed by atoms with Crippen LogP contribution in [0.2, 0.25) is 0 Å². The number of pyridine rings is 1. The maximum absolute atomic E-state index is 13.5. The van der Waals surface area contributed by atoms with Crippen LogP contribution >= 0.6 is 0 Å². The second-order valence-corrected chi connectivity index (χ2v) is 10.6. The number of halogens is 2. The first-order valence-corrected chi connectivity index (χ1v) is 11.3. The number of rotatable bonds is 3. The number of hydrogen-bond donors (Lipinski definition) is 2. The number of carbonyl (C=O) groups excluding carboxylic acids is 1. The number of nitrogens with zero attached hydrogens (tertiary/aromatic N) is 4. The molecule has 1 amide bonds.